The minimum Gasteiger partial charge on any atom is -0.465 e. The van der Waals surface area contributed by atoms with Crippen LogP contribution >= 0.6 is 0 Å². The van der Waals surface area contributed by atoms with Crippen LogP contribution in [0.25, 0.3) is 0 Å². The molecule has 102 valence electrons. The van der Waals surface area contributed by atoms with Gasteiger partial charge < -0.3 is 10.1 Å². The molecule has 19 heavy (non-hydrogen) atoms. The van der Waals surface area contributed by atoms with E-state index < -0.39 is 18.6 Å². The summed E-state index contributed by atoms with van der Waals surface area (Å²) in [5.74, 6) is -1.49. The number of carbonyl (C=O) groups is 3. The highest BCUT2D eigenvalue weighted by Gasteiger charge is 2.18. The summed E-state index contributed by atoms with van der Waals surface area (Å²) in [6, 6.07) is 2.50. The van der Waals surface area contributed by atoms with Gasteiger partial charge in [-0.15, -0.1) is 0 Å². The lowest BCUT2D eigenvalue weighted by atomic mass is 9.99. The Morgan fingerprint density at radius 1 is 1.21 bits per heavy atom. The summed E-state index contributed by atoms with van der Waals surface area (Å²) in [6.45, 7) is 1.66. The van der Waals surface area contributed by atoms with E-state index in [4.69, 9.17) is 0 Å². The number of ketones is 1. The third-order valence-corrected chi connectivity index (χ3v) is 2.48. The first-order chi connectivity index (χ1) is 8.90. The number of ether oxygens (including phenoxy) is 1. The van der Waals surface area contributed by atoms with Gasteiger partial charge in [-0.3, -0.25) is 9.59 Å². The Morgan fingerprint density at radius 2 is 1.84 bits per heavy atom. The van der Waals surface area contributed by atoms with E-state index >= 15 is 0 Å². The van der Waals surface area contributed by atoms with E-state index in [-0.39, 0.29) is 28.2 Å². The molecule has 1 rings (SSSR count). The minimum atomic E-state index is -0.872. The van der Waals surface area contributed by atoms with Gasteiger partial charge in [-0.1, -0.05) is 0 Å². The number of nitrogens with one attached hydrogen (secondary N) is 1. The number of rotatable bonds is 4. The minimum absolute atomic E-state index is 0.0140. The van der Waals surface area contributed by atoms with Gasteiger partial charge in [-0.25, -0.2) is 9.18 Å². The molecule has 0 bridgehead atoms. The second-order valence-corrected chi connectivity index (χ2v) is 3.92. The van der Waals surface area contributed by atoms with E-state index in [1.54, 1.807) is 0 Å². The first-order valence-corrected chi connectivity index (χ1v) is 5.50. The smallest absolute Gasteiger partial charge is 0.339 e. The zero-order valence-corrected chi connectivity index (χ0v) is 10.9. The van der Waals surface area contributed by atoms with Crippen molar-refractivity contribution in [3.63, 3.8) is 0 Å². The Labute approximate surface area is 109 Å². The Morgan fingerprint density at radius 3 is 2.26 bits per heavy atom. The van der Waals surface area contributed by atoms with E-state index in [2.05, 4.69) is 10.1 Å². The third-order valence-electron chi connectivity index (χ3n) is 2.48. The van der Waals surface area contributed by atoms with Crippen LogP contribution in [0.2, 0.25) is 0 Å². The van der Waals surface area contributed by atoms with Crippen molar-refractivity contribution in [1.29, 1.82) is 0 Å². The number of anilines is 1. The summed E-state index contributed by atoms with van der Waals surface area (Å²) in [5, 5.41) is 2.41. The molecular weight excluding hydrogens is 253 g/mol. The van der Waals surface area contributed by atoms with Crippen LogP contribution in [0.3, 0.4) is 0 Å². The summed E-state index contributed by atoms with van der Waals surface area (Å²) < 4.78 is 17.5. The zero-order chi connectivity index (χ0) is 14.6. The molecular formula is C13H14FNO4. The van der Waals surface area contributed by atoms with Gasteiger partial charge in [0.05, 0.1) is 18.4 Å². The maximum atomic E-state index is 12.9. The summed E-state index contributed by atoms with van der Waals surface area (Å²) in [6.07, 6.45) is 0. The lowest BCUT2D eigenvalue weighted by Gasteiger charge is -2.12. The van der Waals surface area contributed by atoms with E-state index in [0.29, 0.717) is 0 Å². The van der Waals surface area contributed by atoms with Crippen molar-refractivity contribution in [2.24, 2.45) is 0 Å². The molecule has 0 aliphatic heterocycles. The molecule has 0 saturated carbocycles. The summed E-state index contributed by atoms with van der Waals surface area (Å²) in [7, 11) is 1.18. The molecule has 0 aromatic heterocycles. The molecule has 0 fully saturated rings. The highest BCUT2D eigenvalue weighted by atomic mass is 19.1. The van der Waals surface area contributed by atoms with Gasteiger partial charge in [0.15, 0.2) is 5.78 Å². The molecule has 1 aromatic carbocycles. The molecule has 0 aliphatic carbocycles. The van der Waals surface area contributed by atoms with Crippen LogP contribution in [0, 0.1) is 0 Å². The molecule has 0 spiro atoms. The van der Waals surface area contributed by atoms with Crippen molar-refractivity contribution in [3.8, 4) is 0 Å². The largest absolute Gasteiger partial charge is 0.465 e. The third kappa shape index (κ3) is 3.37. The number of amides is 1. The molecule has 0 atom stereocenters. The second kappa shape index (κ2) is 6.08. The average molecular weight is 267 g/mol. The predicted octanol–water partition coefficient (Wildman–Crippen LogP) is 2.10. The molecule has 1 N–H and O–H groups in total. The highest BCUT2D eigenvalue weighted by molar-refractivity contribution is 6.04. The lowest BCUT2D eigenvalue weighted by molar-refractivity contribution is -0.114. The fraction of sp³-hybridized carbons (Fsp3) is 0.308. The van der Waals surface area contributed by atoms with Gasteiger partial charge in [0.25, 0.3) is 0 Å². The number of esters is 1. The monoisotopic (exact) mass is 267 g/mol. The average Bonchev–Trinajstić information content (AvgIpc) is 2.36. The van der Waals surface area contributed by atoms with E-state index in [9.17, 15) is 18.8 Å². The molecule has 0 radical (unpaired) electrons. The Bertz CT molecular complexity index is 540. The Kier molecular flexibility index (Phi) is 4.74. The number of benzene rings is 1. The van der Waals surface area contributed by atoms with Gasteiger partial charge in [-0.2, -0.15) is 0 Å². The summed E-state index contributed by atoms with van der Waals surface area (Å²) >= 11 is 0. The van der Waals surface area contributed by atoms with Crippen molar-refractivity contribution in [3.05, 3.63) is 28.8 Å². The van der Waals surface area contributed by atoms with Crippen molar-refractivity contribution in [2.75, 3.05) is 12.4 Å². The number of alkyl halides is 1. The maximum Gasteiger partial charge on any atom is 0.339 e. The van der Waals surface area contributed by atoms with Crippen molar-refractivity contribution >= 4 is 23.3 Å². The van der Waals surface area contributed by atoms with Crippen LogP contribution < -0.4 is 5.32 Å². The number of carbonyl (C=O) groups excluding carboxylic acids is 3. The SMILES string of the molecule is COC(=O)c1cc(C(C)=O)c(CF)cc1NC(C)=O. The number of hydrogen-bond acceptors (Lipinski definition) is 4. The predicted molar refractivity (Wildman–Crippen MR) is 66.9 cm³/mol. The van der Waals surface area contributed by atoms with Gasteiger partial charge in [0.1, 0.15) is 6.67 Å². The Balaban J connectivity index is 3.47. The fourth-order valence-corrected chi connectivity index (χ4v) is 1.65. The number of Topliss-reactive ketones (excluding diaryl/α,β-unsaturated/α-hetero) is 1. The van der Waals surface area contributed by atoms with Crippen LogP contribution in [0.15, 0.2) is 12.1 Å². The first kappa shape index (κ1) is 14.8. The number of methoxy groups -OCH3 is 1. The fourth-order valence-electron chi connectivity index (χ4n) is 1.65. The first-order valence-electron chi connectivity index (χ1n) is 5.50. The van der Waals surface area contributed by atoms with Gasteiger partial charge >= 0.3 is 5.97 Å². The molecule has 0 aliphatic rings. The zero-order valence-electron chi connectivity index (χ0n) is 10.9. The molecule has 0 heterocycles. The van der Waals surface area contributed by atoms with Crippen molar-refractivity contribution in [2.45, 2.75) is 20.5 Å². The van der Waals surface area contributed by atoms with Crippen molar-refractivity contribution < 1.29 is 23.5 Å². The van der Waals surface area contributed by atoms with Crippen LogP contribution in [0.1, 0.15) is 40.1 Å². The molecule has 0 unspecified atom stereocenters. The van der Waals surface area contributed by atoms with E-state index in [1.807, 2.05) is 0 Å². The van der Waals surface area contributed by atoms with Gasteiger partial charge in [0, 0.05) is 12.5 Å². The molecule has 5 nitrogen and oxygen atoms in total. The van der Waals surface area contributed by atoms with Crippen LogP contribution in [-0.4, -0.2) is 24.8 Å². The number of hydrogen-bond donors (Lipinski definition) is 1. The molecule has 6 heteroatoms. The quantitative estimate of drug-likeness (QED) is 0.669. The standard InChI is InChI=1S/C13H14FNO4/c1-7(16)10-5-11(13(18)19-3)12(15-8(2)17)4-9(10)6-14/h4-5H,6H2,1-3H3,(H,15,17). The van der Waals surface area contributed by atoms with Gasteiger partial charge in [0.2, 0.25) is 5.91 Å². The Hall–Kier alpha value is -2.24. The van der Waals surface area contributed by atoms with Crippen LogP contribution in [0.5, 0.6) is 0 Å². The maximum absolute atomic E-state index is 12.9. The highest BCUT2D eigenvalue weighted by Crippen LogP contribution is 2.24. The molecule has 1 amide bonds. The summed E-state index contributed by atoms with van der Waals surface area (Å²) in [4.78, 5) is 34.1. The number of halogens is 1. The second-order valence-electron chi connectivity index (χ2n) is 3.92. The normalized spacial score (nSPS) is 9.89. The van der Waals surface area contributed by atoms with Crippen LogP contribution in [-0.2, 0) is 16.2 Å². The molecule has 1 aromatic rings. The van der Waals surface area contributed by atoms with Gasteiger partial charge in [-0.05, 0) is 24.6 Å². The molecule has 0 saturated heterocycles. The van der Waals surface area contributed by atoms with Crippen molar-refractivity contribution in [1.82, 2.24) is 0 Å². The van der Waals surface area contributed by atoms with E-state index in [0.717, 1.165) is 0 Å². The van der Waals surface area contributed by atoms with E-state index in [1.165, 1.54) is 33.1 Å². The summed E-state index contributed by atoms with van der Waals surface area (Å²) in [5.41, 5.74) is 0.345. The topological polar surface area (TPSA) is 72.5 Å². The van der Waals surface area contributed by atoms with Crippen LogP contribution in [0.4, 0.5) is 10.1 Å². The lowest BCUT2D eigenvalue weighted by Crippen LogP contribution is -2.14.